The number of rotatable bonds is 6. The second kappa shape index (κ2) is 5.98. The van der Waals surface area contributed by atoms with Crippen LogP contribution in [0, 0.1) is 5.92 Å². The van der Waals surface area contributed by atoms with Gasteiger partial charge in [0.15, 0.2) is 0 Å². The Kier molecular flexibility index (Phi) is 4.33. The highest BCUT2D eigenvalue weighted by atomic mass is 16.1. The lowest BCUT2D eigenvalue weighted by Gasteiger charge is -2.10. The quantitative estimate of drug-likeness (QED) is 0.655. The number of amides is 1. The van der Waals surface area contributed by atoms with E-state index >= 15 is 0 Å². The molecule has 1 amide bonds. The van der Waals surface area contributed by atoms with Gasteiger partial charge in [0.2, 0.25) is 5.91 Å². The van der Waals surface area contributed by atoms with Crippen LogP contribution in [0.5, 0.6) is 0 Å². The number of carbonyl (C=O) groups excluding carboxylic acids is 1. The summed E-state index contributed by atoms with van der Waals surface area (Å²) in [6.45, 7) is 4.77. The van der Waals surface area contributed by atoms with E-state index < -0.39 is 0 Å². The summed E-state index contributed by atoms with van der Waals surface area (Å²) < 4.78 is 0. The molecule has 0 aliphatic carbocycles. The molecule has 4 nitrogen and oxygen atoms in total. The van der Waals surface area contributed by atoms with Gasteiger partial charge >= 0.3 is 0 Å². The summed E-state index contributed by atoms with van der Waals surface area (Å²) in [7, 11) is 0. The van der Waals surface area contributed by atoms with Crippen molar-refractivity contribution < 1.29 is 4.79 Å². The van der Waals surface area contributed by atoms with Crippen LogP contribution in [-0.4, -0.2) is 25.5 Å². The van der Waals surface area contributed by atoms with Crippen LogP contribution in [0.15, 0.2) is 18.2 Å². The second-order valence-corrected chi connectivity index (χ2v) is 5.01. The van der Waals surface area contributed by atoms with E-state index in [0.717, 1.165) is 37.3 Å². The normalized spacial score (nSPS) is 15.3. The third-order valence-electron chi connectivity index (χ3n) is 3.28. The van der Waals surface area contributed by atoms with Crippen LogP contribution < -0.4 is 16.4 Å². The summed E-state index contributed by atoms with van der Waals surface area (Å²) in [5.41, 5.74) is 8.92. The molecule has 2 rings (SSSR count). The van der Waals surface area contributed by atoms with Gasteiger partial charge in [0.25, 0.3) is 0 Å². The number of benzene rings is 1. The lowest BCUT2D eigenvalue weighted by molar-refractivity contribution is -0.115. The number of nitrogens with one attached hydrogen (secondary N) is 2. The van der Waals surface area contributed by atoms with Gasteiger partial charge in [-0.1, -0.05) is 19.1 Å². The zero-order chi connectivity index (χ0) is 13.0. The monoisotopic (exact) mass is 247 g/mol. The Hall–Kier alpha value is -1.39. The van der Waals surface area contributed by atoms with Gasteiger partial charge in [-0.15, -0.1) is 0 Å². The maximum atomic E-state index is 11.2. The van der Waals surface area contributed by atoms with Gasteiger partial charge in [0, 0.05) is 5.69 Å². The summed E-state index contributed by atoms with van der Waals surface area (Å²) >= 11 is 0. The molecule has 1 aliphatic rings. The maximum Gasteiger partial charge on any atom is 0.228 e. The van der Waals surface area contributed by atoms with E-state index in [1.165, 1.54) is 5.56 Å². The van der Waals surface area contributed by atoms with Crippen molar-refractivity contribution in [2.45, 2.75) is 19.8 Å². The lowest BCUT2D eigenvalue weighted by atomic mass is 10.1. The van der Waals surface area contributed by atoms with Crippen LogP contribution >= 0.6 is 0 Å². The molecule has 1 heterocycles. The van der Waals surface area contributed by atoms with Crippen LogP contribution in [0.25, 0.3) is 0 Å². The van der Waals surface area contributed by atoms with E-state index in [1.54, 1.807) is 0 Å². The van der Waals surface area contributed by atoms with Crippen molar-refractivity contribution >= 4 is 11.6 Å². The van der Waals surface area contributed by atoms with Gasteiger partial charge in [-0.2, -0.15) is 0 Å². The summed E-state index contributed by atoms with van der Waals surface area (Å²) in [5.74, 6) is 0.615. The SMILES string of the molecule is CC(CN)CNCCc1ccc2c(c1)CC(=O)N2. The van der Waals surface area contributed by atoms with Gasteiger partial charge < -0.3 is 16.4 Å². The first-order valence-electron chi connectivity index (χ1n) is 6.51. The van der Waals surface area contributed by atoms with Crippen molar-refractivity contribution in [2.75, 3.05) is 25.0 Å². The van der Waals surface area contributed by atoms with Gasteiger partial charge in [-0.05, 0) is 49.2 Å². The van der Waals surface area contributed by atoms with Crippen LogP contribution in [0.4, 0.5) is 5.69 Å². The Balaban J connectivity index is 1.81. The number of fused-ring (bicyclic) bond motifs is 1. The molecule has 0 saturated heterocycles. The highest BCUT2D eigenvalue weighted by molar-refractivity contribution is 5.99. The number of carbonyl (C=O) groups is 1. The highest BCUT2D eigenvalue weighted by Gasteiger charge is 2.17. The lowest BCUT2D eigenvalue weighted by Crippen LogP contribution is -2.27. The first-order chi connectivity index (χ1) is 8.69. The molecule has 0 aromatic heterocycles. The van der Waals surface area contributed by atoms with E-state index in [0.29, 0.717) is 12.3 Å². The number of hydrogen-bond donors (Lipinski definition) is 3. The van der Waals surface area contributed by atoms with Gasteiger partial charge in [0.1, 0.15) is 0 Å². The fourth-order valence-electron chi connectivity index (χ4n) is 2.10. The zero-order valence-electron chi connectivity index (χ0n) is 10.8. The molecule has 0 radical (unpaired) electrons. The Bertz CT molecular complexity index is 431. The van der Waals surface area contributed by atoms with Crippen molar-refractivity contribution in [3.05, 3.63) is 29.3 Å². The number of nitrogens with two attached hydrogens (primary N) is 1. The van der Waals surface area contributed by atoms with Crippen molar-refractivity contribution in [1.29, 1.82) is 0 Å². The second-order valence-electron chi connectivity index (χ2n) is 5.01. The molecule has 0 saturated carbocycles. The fraction of sp³-hybridized carbons (Fsp3) is 0.500. The molecule has 1 aliphatic heterocycles. The molecule has 1 aromatic carbocycles. The summed E-state index contributed by atoms with van der Waals surface area (Å²) in [6.07, 6.45) is 1.50. The first kappa shape index (κ1) is 13.1. The molecule has 1 aromatic rings. The Morgan fingerprint density at radius 1 is 1.50 bits per heavy atom. The van der Waals surface area contributed by atoms with Crippen molar-refractivity contribution in [1.82, 2.24) is 5.32 Å². The molecular weight excluding hydrogens is 226 g/mol. The Morgan fingerprint density at radius 2 is 2.33 bits per heavy atom. The predicted molar refractivity (Wildman–Crippen MR) is 73.6 cm³/mol. The van der Waals surface area contributed by atoms with Crippen LogP contribution in [0.1, 0.15) is 18.1 Å². The largest absolute Gasteiger partial charge is 0.330 e. The molecule has 98 valence electrons. The standard InChI is InChI=1S/C14H21N3O/c1-10(8-15)9-16-5-4-11-2-3-13-12(6-11)7-14(18)17-13/h2-3,6,10,16H,4-5,7-9,15H2,1H3,(H,17,18). The molecule has 0 spiro atoms. The Morgan fingerprint density at radius 3 is 3.11 bits per heavy atom. The molecule has 18 heavy (non-hydrogen) atoms. The van der Waals surface area contributed by atoms with Crippen molar-refractivity contribution in [2.24, 2.45) is 11.7 Å². The third kappa shape index (κ3) is 3.31. The van der Waals surface area contributed by atoms with E-state index in [-0.39, 0.29) is 5.91 Å². The van der Waals surface area contributed by atoms with Crippen LogP contribution in [0.3, 0.4) is 0 Å². The topological polar surface area (TPSA) is 67.1 Å². The van der Waals surface area contributed by atoms with Gasteiger partial charge in [0.05, 0.1) is 6.42 Å². The van der Waals surface area contributed by atoms with Crippen LogP contribution in [0.2, 0.25) is 0 Å². The molecule has 4 heteroatoms. The van der Waals surface area contributed by atoms with Crippen molar-refractivity contribution in [3.8, 4) is 0 Å². The van der Waals surface area contributed by atoms with Crippen LogP contribution in [-0.2, 0) is 17.6 Å². The Labute approximate surface area is 108 Å². The molecule has 1 atom stereocenters. The van der Waals surface area contributed by atoms with Gasteiger partial charge in [-0.25, -0.2) is 0 Å². The smallest absolute Gasteiger partial charge is 0.228 e. The number of hydrogen-bond acceptors (Lipinski definition) is 3. The highest BCUT2D eigenvalue weighted by Crippen LogP contribution is 2.23. The summed E-state index contributed by atoms with van der Waals surface area (Å²) in [6, 6.07) is 6.21. The molecule has 0 bridgehead atoms. The van der Waals surface area contributed by atoms with E-state index in [9.17, 15) is 4.79 Å². The predicted octanol–water partition coefficient (Wildman–Crippen LogP) is 0.908. The van der Waals surface area contributed by atoms with E-state index in [1.807, 2.05) is 6.07 Å². The average molecular weight is 247 g/mol. The number of anilines is 1. The minimum Gasteiger partial charge on any atom is -0.330 e. The maximum absolute atomic E-state index is 11.2. The average Bonchev–Trinajstić information content (AvgIpc) is 2.73. The zero-order valence-corrected chi connectivity index (χ0v) is 10.8. The van der Waals surface area contributed by atoms with E-state index in [4.69, 9.17) is 5.73 Å². The minimum absolute atomic E-state index is 0.0945. The molecular formula is C14H21N3O. The minimum atomic E-state index is 0.0945. The molecule has 0 fully saturated rings. The van der Waals surface area contributed by atoms with E-state index in [2.05, 4.69) is 29.7 Å². The molecule has 4 N–H and O–H groups in total. The summed E-state index contributed by atoms with van der Waals surface area (Å²) in [5, 5.41) is 6.24. The van der Waals surface area contributed by atoms with Gasteiger partial charge in [-0.3, -0.25) is 4.79 Å². The third-order valence-corrected chi connectivity index (χ3v) is 3.28. The summed E-state index contributed by atoms with van der Waals surface area (Å²) in [4.78, 5) is 11.2. The fourth-order valence-corrected chi connectivity index (χ4v) is 2.10. The first-order valence-corrected chi connectivity index (χ1v) is 6.51. The van der Waals surface area contributed by atoms with Crippen molar-refractivity contribution in [3.63, 3.8) is 0 Å². The molecule has 1 unspecified atom stereocenters.